The average molecular weight is 333 g/mol. The van der Waals surface area contributed by atoms with Crippen LogP contribution in [-0.2, 0) is 11.2 Å². The third-order valence-electron chi connectivity index (χ3n) is 3.37. The van der Waals surface area contributed by atoms with E-state index in [0.717, 1.165) is 18.9 Å². The molecule has 0 radical (unpaired) electrons. The minimum atomic E-state index is -0.230. The van der Waals surface area contributed by atoms with Crippen molar-refractivity contribution in [2.24, 2.45) is 4.99 Å². The average Bonchev–Trinajstić information content (AvgIpc) is 2.46. The Hall–Kier alpha value is -2.11. The molecule has 0 aliphatic heterocycles. The number of aryl methyl sites for hydroxylation is 1. The van der Waals surface area contributed by atoms with Crippen LogP contribution in [0.5, 0.6) is 0 Å². The van der Waals surface area contributed by atoms with E-state index < -0.39 is 0 Å². The van der Waals surface area contributed by atoms with Gasteiger partial charge in [-0.3, -0.25) is 14.8 Å². The number of nitrogens with zero attached hydrogens (tertiary/aromatic N) is 3. The highest BCUT2D eigenvalue weighted by atomic mass is 16.2. The SMILES string of the molecule is CCNC(=NCCc1ccncc1C)N(C)CC(=O)NC(C)(C)C. The first kappa shape index (κ1) is 19.9. The third kappa shape index (κ3) is 7.44. The molecule has 6 nitrogen and oxygen atoms in total. The predicted octanol–water partition coefficient (Wildman–Crippen LogP) is 1.74. The van der Waals surface area contributed by atoms with Gasteiger partial charge in [-0.05, 0) is 58.2 Å². The Morgan fingerprint density at radius 3 is 2.67 bits per heavy atom. The number of guanidine groups is 1. The molecule has 1 aromatic heterocycles. The number of likely N-dealkylation sites (N-methyl/N-ethyl adjacent to an activating group) is 1. The Morgan fingerprint density at radius 1 is 1.38 bits per heavy atom. The number of pyridine rings is 1. The number of hydrogen-bond donors (Lipinski definition) is 2. The monoisotopic (exact) mass is 333 g/mol. The molecule has 0 aliphatic rings. The number of aliphatic imine (C=N–C) groups is 1. The van der Waals surface area contributed by atoms with Gasteiger partial charge >= 0.3 is 0 Å². The number of hydrogen-bond acceptors (Lipinski definition) is 3. The summed E-state index contributed by atoms with van der Waals surface area (Å²) in [6.45, 7) is 11.7. The second kappa shape index (κ2) is 9.25. The van der Waals surface area contributed by atoms with Crippen LogP contribution in [0.25, 0.3) is 0 Å². The number of rotatable bonds is 6. The normalized spacial score (nSPS) is 12.0. The molecule has 0 aliphatic carbocycles. The van der Waals surface area contributed by atoms with Crippen LogP contribution in [0.4, 0.5) is 0 Å². The molecule has 1 amide bonds. The lowest BCUT2D eigenvalue weighted by atomic mass is 10.1. The molecule has 0 unspecified atom stereocenters. The van der Waals surface area contributed by atoms with Crippen molar-refractivity contribution in [2.75, 3.05) is 26.7 Å². The summed E-state index contributed by atoms with van der Waals surface area (Å²) in [5, 5.41) is 6.20. The Labute approximate surface area is 145 Å². The van der Waals surface area contributed by atoms with Crippen molar-refractivity contribution in [3.63, 3.8) is 0 Å². The van der Waals surface area contributed by atoms with Crippen LogP contribution in [-0.4, -0.2) is 54.0 Å². The van der Waals surface area contributed by atoms with Crippen molar-refractivity contribution in [1.29, 1.82) is 0 Å². The molecular formula is C18H31N5O. The molecule has 134 valence electrons. The maximum atomic E-state index is 12.1. The van der Waals surface area contributed by atoms with Crippen LogP contribution in [0, 0.1) is 6.92 Å². The summed E-state index contributed by atoms with van der Waals surface area (Å²) in [6.07, 6.45) is 4.53. The summed E-state index contributed by atoms with van der Waals surface area (Å²) in [4.78, 5) is 22.7. The van der Waals surface area contributed by atoms with Gasteiger partial charge in [-0.25, -0.2) is 0 Å². The highest BCUT2D eigenvalue weighted by Crippen LogP contribution is 2.06. The first-order valence-corrected chi connectivity index (χ1v) is 8.43. The van der Waals surface area contributed by atoms with Gasteiger partial charge in [-0.2, -0.15) is 0 Å². The fourth-order valence-corrected chi connectivity index (χ4v) is 2.28. The molecule has 6 heteroatoms. The third-order valence-corrected chi connectivity index (χ3v) is 3.37. The second-order valence-electron chi connectivity index (χ2n) is 6.94. The van der Waals surface area contributed by atoms with Crippen molar-refractivity contribution >= 4 is 11.9 Å². The van der Waals surface area contributed by atoms with E-state index in [2.05, 4.69) is 27.5 Å². The summed E-state index contributed by atoms with van der Waals surface area (Å²) < 4.78 is 0. The van der Waals surface area contributed by atoms with Gasteiger partial charge in [0.1, 0.15) is 0 Å². The van der Waals surface area contributed by atoms with Crippen molar-refractivity contribution in [1.82, 2.24) is 20.5 Å². The number of carbonyl (C=O) groups excluding carboxylic acids is 1. The predicted molar refractivity (Wildman–Crippen MR) is 99.2 cm³/mol. The molecule has 2 N–H and O–H groups in total. The van der Waals surface area contributed by atoms with Gasteiger partial charge in [0.15, 0.2) is 5.96 Å². The van der Waals surface area contributed by atoms with Crippen LogP contribution < -0.4 is 10.6 Å². The van der Waals surface area contributed by atoms with Crippen LogP contribution in [0.15, 0.2) is 23.5 Å². The molecule has 0 aromatic carbocycles. The van der Waals surface area contributed by atoms with E-state index >= 15 is 0 Å². The molecule has 0 fully saturated rings. The molecule has 0 bridgehead atoms. The molecule has 0 atom stereocenters. The Kier molecular flexibility index (Phi) is 7.68. The topological polar surface area (TPSA) is 69.6 Å². The number of amides is 1. The van der Waals surface area contributed by atoms with E-state index in [4.69, 9.17) is 0 Å². The lowest BCUT2D eigenvalue weighted by Crippen LogP contribution is -2.48. The molecule has 1 aromatic rings. The Balaban J connectivity index is 2.64. The fourth-order valence-electron chi connectivity index (χ4n) is 2.28. The van der Waals surface area contributed by atoms with Gasteiger partial charge in [-0.1, -0.05) is 0 Å². The highest BCUT2D eigenvalue weighted by Gasteiger charge is 2.16. The highest BCUT2D eigenvalue weighted by molar-refractivity contribution is 5.86. The maximum absolute atomic E-state index is 12.1. The van der Waals surface area contributed by atoms with E-state index in [1.54, 1.807) is 6.20 Å². The van der Waals surface area contributed by atoms with Gasteiger partial charge in [0.25, 0.3) is 0 Å². The number of carbonyl (C=O) groups is 1. The molecule has 0 saturated carbocycles. The summed E-state index contributed by atoms with van der Waals surface area (Å²) >= 11 is 0. The zero-order valence-corrected chi connectivity index (χ0v) is 15.8. The second-order valence-corrected chi connectivity index (χ2v) is 6.94. The summed E-state index contributed by atoms with van der Waals surface area (Å²) in [7, 11) is 1.88. The minimum absolute atomic E-state index is 0.0134. The smallest absolute Gasteiger partial charge is 0.240 e. The van der Waals surface area contributed by atoms with E-state index in [9.17, 15) is 4.79 Å². The van der Waals surface area contributed by atoms with Crippen LogP contribution in [0.1, 0.15) is 38.8 Å². The van der Waals surface area contributed by atoms with Gasteiger partial charge < -0.3 is 15.5 Å². The summed E-state index contributed by atoms with van der Waals surface area (Å²) in [6, 6.07) is 2.03. The Morgan fingerprint density at radius 2 is 2.08 bits per heavy atom. The van der Waals surface area contributed by atoms with Crippen molar-refractivity contribution in [3.05, 3.63) is 29.6 Å². The zero-order chi connectivity index (χ0) is 18.2. The van der Waals surface area contributed by atoms with Crippen LogP contribution in [0.2, 0.25) is 0 Å². The largest absolute Gasteiger partial charge is 0.357 e. The first-order valence-electron chi connectivity index (χ1n) is 8.43. The lowest BCUT2D eigenvalue weighted by Gasteiger charge is -2.25. The molecular weight excluding hydrogens is 302 g/mol. The van der Waals surface area contributed by atoms with Crippen molar-refractivity contribution < 1.29 is 4.79 Å². The van der Waals surface area contributed by atoms with Gasteiger partial charge in [0.2, 0.25) is 5.91 Å². The zero-order valence-electron chi connectivity index (χ0n) is 15.8. The van der Waals surface area contributed by atoms with Crippen LogP contribution in [0.3, 0.4) is 0 Å². The van der Waals surface area contributed by atoms with E-state index in [1.165, 1.54) is 11.1 Å². The number of aromatic nitrogens is 1. The van der Waals surface area contributed by atoms with Crippen LogP contribution >= 0.6 is 0 Å². The fraction of sp³-hybridized carbons (Fsp3) is 0.611. The Bertz CT molecular complexity index is 563. The van der Waals surface area contributed by atoms with Gasteiger partial charge in [0, 0.05) is 38.1 Å². The molecule has 1 heterocycles. The summed E-state index contributed by atoms with van der Waals surface area (Å²) in [5.41, 5.74) is 2.19. The van der Waals surface area contributed by atoms with E-state index in [-0.39, 0.29) is 18.0 Å². The summed E-state index contributed by atoms with van der Waals surface area (Å²) in [5.74, 6) is 0.730. The number of nitrogens with one attached hydrogen (secondary N) is 2. The first-order chi connectivity index (χ1) is 11.2. The quantitative estimate of drug-likeness (QED) is 0.615. The van der Waals surface area contributed by atoms with Crippen molar-refractivity contribution in [3.8, 4) is 0 Å². The van der Waals surface area contributed by atoms with E-state index in [1.807, 2.05) is 51.9 Å². The minimum Gasteiger partial charge on any atom is -0.357 e. The molecule has 24 heavy (non-hydrogen) atoms. The van der Waals surface area contributed by atoms with E-state index in [0.29, 0.717) is 6.54 Å². The standard InChI is InChI=1S/C18H31N5O/c1-7-20-17(23(6)13-16(24)22-18(3,4)5)21-11-9-15-8-10-19-12-14(15)2/h8,10,12H,7,9,11,13H2,1-6H3,(H,20,21)(H,22,24). The van der Waals surface area contributed by atoms with Crippen molar-refractivity contribution in [2.45, 2.75) is 46.6 Å². The molecule has 0 spiro atoms. The molecule has 1 rings (SSSR count). The molecule has 0 saturated heterocycles. The maximum Gasteiger partial charge on any atom is 0.240 e. The van der Waals surface area contributed by atoms with Gasteiger partial charge in [-0.15, -0.1) is 0 Å². The van der Waals surface area contributed by atoms with Gasteiger partial charge in [0.05, 0.1) is 6.54 Å². The lowest BCUT2D eigenvalue weighted by molar-refractivity contribution is -0.122.